The predicted molar refractivity (Wildman–Crippen MR) is 66.4 cm³/mol. The van der Waals surface area contributed by atoms with Gasteiger partial charge in [0, 0.05) is 16.7 Å². The number of hydrogen-bond acceptors (Lipinski definition) is 0. The highest BCUT2D eigenvalue weighted by Crippen LogP contribution is 2.27. The van der Waals surface area contributed by atoms with E-state index in [0.717, 1.165) is 0 Å². The van der Waals surface area contributed by atoms with Crippen LogP contribution >= 0.6 is 0 Å². The lowest BCUT2D eigenvalue weighted by Crippen LogP contribution is -2.22. The summed E-state index contributed by atoms with van der Waals surface area (Å²) in [6, 6.07) is 8.92. The summed E-state index contributed by atoms with van der Waals surface area (Å²) in [5.74, 6) is 0. The molecule has 1 nitrogen and oxygen atoms in total. The van der Waals surface area contributed by atoms with E-state index in [0.29, 0.717) is 0 Å². The molecule has 0 spiro atoms. The zero-order valence-corrected chi connectivity index (χ0v) is 10.3. The summed E-state index contributed by atoms with van der Waals surface area (Å²) in [6.45, 7) is 11.1. The molecule has 0 fully saturated rings. The molecule has 0 N–H and O–H groups in total. The van der Waals surface area contributed by atoms with E-state index < -0.39 is 0 Å². The van der Waals surface area contributed by atoms with Gasteiger partial charge in [0.1, 0.15) is 0 Å². The van der Waals surface area contributed by atoms with Crippen LogP contribution in [0.5, 0.6) is 0 Å². The van der Waals surface area contributed by atoms with Crippen LogP contribution in [0.25, 0.3) is 10.9 Å². The van der Waals surface area contributed by atoms with Crippen LogP contribution in [-0.4, -0.2) is 4.57 Å². The number of aromatic nitrogens is 1. The van der Waals surface area contributed by atoms with Gasteiger partial charge >= 0.3 is 0 Å². The van der Waals surface area contributed by atoms with Crippen LogP contribution in [0.4, 0.5) is 0 Å². The third kappa shape index (κ3) is 1.67. The van der Waals surface area contributed by atoms with Crippen molar-refractivity contribution in [1.29, 1.82) is 0 Å². The highest BCUT2D eigenvalue weighted by Gasteiger charge is 2.17. The summed E-state index contributed by atoms with van der Waals surface area (Å²) in [5, 5.41) is 1.34. The Labute approximate surface area is 91.7 Å². The lowest BCUT2D eigenvalue weighted by atomic mass is 10.1. The van der Waals surface area contributed by atoms with Crippen molar-refractivity contribution in [3.05, 3.63) is 35.5 Å². The fourth-order valence-corrected chi connectivity index (χ4v) is 2.34. The molecule has 0 saturated heterocycles. The van der Waals surface area contributed by atoms with Crippen LogP contribution in [0.1, 0.15) is 32.0 Å². The Balaban J connectivity index is 2.82. The topological polar surface area (TPSA) is 4.93 Å². The molecule has 0 aliphatic carbocycles. The molecule has 1 heteroatoms. The summed E-state index contributed by atoms with van der Waals surface area (Å²) in [7, 11) is 0. The van der Waals surface area contributed by atoms with E-state index in [1.807, 2.05) is 0 Å². The van der Waals surface area contributed by atoms with Gasteiger partial charge in [-0.3, -0.25) is 0 Å². The number of rotatable bonds is 0. The summed E-state index contributed by atoms with van der Waals surface area (Å²) in [6.07, 6.45) is 0. The Bertz CT molecular complexity index is 498. The highest BCUT2D eigenvalue weighted by molar-refractivity contribution is 5.82. The van der Waals surface area contributed by atoms with Crippen LogP contribution in [-0.2, 0) is 5.54 Å². The molecule has 15 heavy (non-hydrogen) atoms. The number of aryl methyl sites for hydroxylation is 2. The largest absolute Gasteiger partial charge is 0.340 e. The molecular weight excluding hydrogens is 182 g/mol. The van der Waals surface area contributed by atoms with Gasteiger partial charge in [0.2, 0.25) is 0 Å². The first kappa shape index (κ1) is 10.3. The smallest absolute Gasteiger partial charge is 0.0489 e. The molecule has 1 aromatic carbocycles. The predicted octanol–water partition coefficient (Wildman–Crippen LogP) is 4.01. The zero-order valence-electron chi connectivity index (χ0n) is 10.3. The van der Waals surface area contributed by atoms with E-state index in [1.54, 1.807) is 0 Å². The minimum atomic E-state index is 0.152. The minimum absolute atomic E-state index is 0.152. The maximum Gasteiger partial charge on any atom is 0.0489 e. The van der Waals surface area contributed by atoms with E-state index in [4.69, 9.17) is 0 Å². The van der Waals surface area contributed by atoms with Gasteiger partial charge in [0.05, 0.1) is 0 Å². The molecule has 0 saturated carbocycles. The van der Waals surface area contributed by atoms with Gasteiger partial charge in [-0.25, -0.2) is 0 Å². The van der Waals surface area contributed by atoms with Crippen molar-refractivity contribution >= 4 is 10.9 Å². The van der Waals surface area contributed by atoms with Crippen LogP contribution < -0.4 is 0 Å². The summed E-state index contributed by atoms with van der Waals surface area (Å²) < 4.78 is 2.41. The van der Waals surface area contributed by atoms with Crippen molar-refractivity contribution in [1.82, 2.24) is 4.57 Å². The fourth-order valence-electron chi connectivity index (χ4n) is 2.34. The standard InChI is InChI=1S/C14H19N/c1-10-6-7-12-9-11(2)15(13(12)8-10)14(3,4)5/h6-9H,1-5H3. The first-order valence-corrected chi connectivity index (χ1v) is 5.49. The Kier molecular flexibility index (Phi) is 2.14. The van der Waals surface area contributed by atoms with Crippen molar-refractivity contribution in [2.24, 2.45) is 0 Å². The molecule has 0 atom stereocenters. The monoisotopic (exact) mass is 201 g/mol. The molecule has 2 rings (SSSR count). The first-order valence-electron chi connectivity index (χ1n) is 5.49. The summed E-state index contributed by atoms with van der Waals surface area (Å²) in [5.41, 5.74) is 4.16. The molecule has 0 radical (unpaired) electrons. The van der Waals surface area contributed by atoms with Gasteiger partial charge in [-0.1, -0.05) is 12.1 Å². The molecular formula is C14H19N. The van der Waals surface area contributed by atoms with Gasteiger partial charge in [0.25, 0.3) is 0 Å². The normalized spacial score (nSPS) is 12.3. The third-order valence-corrected chi connectivity index (χ3v) is 2.81. The van der Waals surface area contributed by atoms with Crippen LogP contribution in [0.2, 0.25) is 0 Å². The SMILES string of the molecule is Cc1ccc2cc(C)n(C(C)(C)C)c2c1. The van der Waals surface area contributed by atoms with Gasteiger partial charge in [0.15, 0.2) is 0 Å². The zero-order chi connectivity index (χ0) is 11.2. The third-order valence-electron chi connectivity index (χ3n) is 2.81. The lowest BCUT2D eigenvalue weighted by molar-refractivity contribution is 0.403. The van der Waals surface area contributed by atoms with Crippen molar-refractivity contribution in [3.63, 3.8) is 0 Å². The van der Waals surface area contributed by atoms with Crippen LogP contribution in [0.3, 0.4) is 0 Å². The molecule has 0 aliphatic rings. The quantitative estimate of drug-likeness (QED) is 0.607. The maximum absolute atomic E-state index is 2.41. The minimum Gasteiger partial charge on any atom is -0.340 e. The summed E-state index contributed by atoms with van der Waals surface area (Å²) in [4.78, 5) is 0. The van der Waals surface area contributed by atoms with E-state index in [2.05, 4.69) is 63.5 Å². The second-order valence-corrected chi connectivity index (χ2v) is 5.35. The van der Waals surface area contributed by atoms with Crippen molar-refractivity contribution in [2.75, 3.05) is 0 Å². The van der Waals surface area contributed by atoms with E-state index in [1.165, 1.54) is 22.2 Å². The number of nitrogens with zero attached hydrogens (tertiary/aromatic N) is 1. The van der Waals surface area contributed by atoms with E-state index in [9.17, 15) is 0 Å². The first-order chi connectivity index (χ1) is 6.89. The molecule has 0 bridgehead atoms. The van der Waals surface area contributed by atoms with Gasteiger partial charge in [-0.05, 0) is 57.7 Å². The second kappa shape index (κ2) is 3.13. The van der Waals surface area contributed by atoms with Crippen molar-refractivity contribution < 1.29 is 0 Å². The average molecular weight is 201 g/mol. The Morgan fingerprint density at radius 3 is 2.27 bits per heavy atom. The number of hydrogen-bond donors (Lipinski definition) is 0. The van der Waals surface area contributed by atoms with Crippen molar-refractivity contribution in [2.45, 2.75) is 40.2 Å². The molecule has 1 heterocycles. The van der Waals surface area contributed by atoms with Crippen molar-refractivity contribution in [3.8, 4) is 0 Å². The Morgan fingerprint density at radius 2 is 1.67 bits per heavy atom. The molecule has 80 valence electrons. The lowest BCUT2D eigenvalue weighted by Gasteiger charge is -2.25. The van der Waals surface area contributed by atoms with E-state index >= 15 is 0 Å². The molecule has 0 unspecified atom stereocenters. The Morgan fingerprint density at radius 1 is 1.00 bits per heavy atom. The molecule has 0 amide bonds. The number of fused-ring (bicyclic) bond motifs is 1. The molecule has 1 aromatic heterocycles. The van der Waals surface area contributed by atoms with Gasteiger partial charge in [-0.15, -0.1) is 0 Å². The molecule has 0 aliphatic heterocycles. The van der Waals surface area contributed by atoms with E-state index in [-0.39, 0.29) is 5.54 Å². The fraction of sp³-hybridized carbons (Fsp3) is 0.429. The summed E-state index contributed by atoms with van der Waals surface area (Å²) >= 11 is 0. The number of benzene rings is 1. The average Bonchev–Trinajstić information content (AvgIpc) is 2.38. The van der Waals surface area contributed by atoms with Gasteiger partial charge in [-0.2, -0.15) is 0 Å². The van der Waals surface area contributed by atoms with Gasteiger partial charge < -0.3 is 4.57 Å². The second-order valence-electron chi connectivity index (χ2n) is 5.35. The van der Waals surface area contributed by atoms with Crippen LogP contribution in [0, 0.1) is 13.8 Å². The highest BCUT2D eigenvalue weighted by atomic mass is 15.0. The maximum atomic E-state index is 2.41. The Hall–Kier alpha value is -1.24. The van der Waals surface area contributed by atoms with Crippen LogP contribution in [0.15, 0.2) is 24.3 Å². The molecule has 2 aromatic rings.